The summed E-state index contributed by atoms with van der Waals surface area (Å²) in [7, 11) is 0. The molecule has 0 spiro atoms. The van der Waals surface area contributed by atoms with Crippen molar-refractivity contribution in [3.63, 3.8) is 0 Å². The van der Waals surface area contributed by atoms with Crippen LogP contribution in [0, 0.1) is 12.7 Å². The molecule has 2 rings (SSSR count). The molecule has 2 nitrogen and oxygen atoms in total. The third-order valence-corrected chi connectivity index (χ3v) is 2.22. The van der Waals surface area contributed by atoms with Crippen LogP contribution in [0.2, 0.25) is 0 Å². The second kappa shape index (κ2) is 3.69. The van der Waals surface area contributed by atoms with Crippen molar-refractivity contribution in [1.29, 1.82) is 0 Å². The van der Waals surface area contributed by atoms with Crippen molar-refractivity contribution >= 4 is 5.78 Å². The average Bonchev–Trinajstić information content (AvgIpc) is 2.64. The molecule has 0 unspecified atom stereocenters. The minimum atomic E-state index is -0.511. The van der Waals surface area contributed by atoms with Gasteiger partial charge in [0.05, 0.1) is 17.4 Å². The first-order chi connectivity index (χ1) is 7.20. The maximum atomic E-state index is 13.3. The number of halogens is 1. The Morgan fingerprint density at radius 1 is 1.20 bits per heavy atom. The van der Waals surface area contributed by atoms with Crippen molar-refractivity contribution in [2.45, 2.75) is 6.92 Å². The summed E-state index contributed by atoms with van der Waals surface area (Å²) in [6, 6.07) is 7.46. The van der Waals surface area contributed by atoms with Gasteiger partial charge >= 0.3 is 0 Å². The molecule has 3 heteroatoms. The van der Waals surface area contributed by atoms with Crippen LogP contribution in [-0.4, -0.2) is 5.78 Å². The summed E-state index contributed by atoms with van der Waals surface area (Å²) in [6.45, 7) is 1.67. The van der Waals surface area contributed by atoms with E-state index in [2.05, 4.69) is 0 Å². The molecule has 0 N–H and O–H groups in total. The van der Waals surface area contributed by atoms with Crippen molar-refractivity contribution in [3.8, 4) is 0 Å². The summed E-state index contributed by atoms with van der Waals surface area (Å²) in [4.78, 5) is 11.8. The van der Waals surface area contributed by atoms with Gasteiger partial charge in [0.15, 0.2) is 5.78 Å². The van der Waals surface area contributed by atoms with Crippen molar-refractivity contribution < 1.29 is 13.6 Å². The number of benzene rings is 1. The van der Waals surface area contributed by atoms with Crippen molar-refractivity contribution in [3.05, 3.63) is 59.3 Å². The summed E-state index contributed by atoms with van der Waals surface area (Å²) >= 11 is 0. The van der Waals surface area contributed by atoms with Crippen LogP contribution in [0.15, 0.2) is 41.0 Å². The maximum Gasteiger partial charge on any atom is 0.199 e. The van der Waals surface area contributed by atoms with Gasteiger partial charge in [0, 0.05) is 0 Å². The van der Waals surface area contributed by atoms with E-state index in [1.807, 2.05) is 0 Å². The zero-order valence-electron chi connectivity index (χ0n) is 8.16. The number of furan rings is 1. The molecule has 1 aromatic carbocycles. The van der Waals surface area contributed by atoms with Crippen molar-refractivity contribution in [2.24, 2.45) is 0 Å². The summed E-state index contributed by atoms with van der Waals surface area (Å²) in [5.41, 5.74) is 0.474. The van der Waals surface area contributed by atoms with E-state index in [1.165, 1.54) is 18.4 Å². The molecule has 0 aliphatic carbocycles. The highest BCUT2D eigenvalue weighted by molar-refractivity contribution is 6.09. The van der Waals surface area contributed by atoms with Gasteiger partial charge in [0.2, 0.25) is 0 Å². The number of aryl methyl sites for hydroxylation is 1. The normalized spacial score (nSPS) is 10.3. The van der Waals surface area contributed by atoms with E-state index < -0.39 is 5.82 Å². The smallest absolute Gasteiger partial charge is 0.199 e. The average molecular weight is 204 g/mol. The molecule has 0 aliphatic rings. The van der Waals surface area contributed by atoms with E-state index in [-0.39, 0.29) is 11.3 Å². The Labute approximate surface area is 86.3 Å². The summed E-state index contributed by atoms with van der Waals surface area (Å²) < 4.78 is 18.3. The van der Waals surface area contributed by atoms with E-state index >= 15 is 0 Å². The lowest BCUT2D eigenvalue weighted by Crippen LogP contribution is -2.04. The predicted molar refractivity (Wildman–Crippen MR) is 53.3 cm³/mol. The lowest BCUT2D eigenvalue weighted by Gasteiger charge is -2.00. The molecular formula is C12H9FO2. The third kappa shape index (κ3) is 1.68. The SMILES string of the molecule is Cc1occc1C(=O)c1ccccc1F. The molecule has 1 heterocycles. The zero-order chi connectivity index (χ0) is 10.8. The molecule has 15 heavy (non-hydrogen) atoms. The lowest BCUT2D eigenvalue weighted by molar-refractivity contribution is 0.103. The first-order valence-corrected chi connectivity index (χ1v) is 4.53. The minimum absolute atomic E-state index is 0.0713. The number of hydrogen-bond donors (Lipinski definition) is 0. The van der Waals surface area contributed by atoms with Gasteiger partial charge in [-0.05, 0) is 25.1 Å². The first kappa shape index (κ1) is 9.65. The Bertz CT molecular complexity index is 500. The molecule has 2 aromatic rings. The molecule has 0 atom stereocenters. The van der Waals surface area contributed by atoms with Gasteiger partial charge in [-0.25, -0.2) is 4.39 Å². The fourth-order valence-corrected chi connectivity index (χ4v) is 1.41. The molecular weight excluding hydrogens is 195 g/mol. The predicted octanol–water partition coefficient (Wildman–Crippen LogP) is 2.96. The largest absolute Gasteiger partial charge is 0.469 e. The summed E-state index contributed by atoms with van der Waals surface area (Å²) in [5.74, 6) is -0.356. The van der Waals surface area contributed by atoms with Crippen LogP contribution in [0.1, 0.15) is 21.7 Å². The van der Waals surface area contributed by atoms with Gasteiger partial charge < -0.3 is 4.42 Å². The fraction of sp³-hybridized carbons (Fsp3) is 0.0833. The van der Waals surface area contributed by atoms with Crippen LogP contribution in [0.4, 0.5) is 4.39 Å². The molecule has 0 saturated heterocycles. The molecule has 0 bridgehead atoms. The Balaban J connectivity index is 2.46. The van der Waals surface area contributed by atoms with Crippen LogP contribution in [0.3, 0.4) is 0 Å². The zero-order valence-corrected chi connectivity index (χ0v) is 8.16. The molecule has 0 fully saturated rings. The highest BCUT2D eigenvalue weighted by Crippen LogP contribution is 2.16. The third-order valence-electron chi connectivity index (χ3n) is 2.22. The van der Waals surface area contributed by atoms with E-state index in [4.69, 9.17) is 4.42 Å². The van der Waals surface area contributed by atoms with Crippen LogP contribution >= 0.6 is 0 Å². The Morgan fingerprint density at radius 2 is 1.93 bits per heavy atom. The standard InChI is InChI=1S/C12H9FO2/c1-8-9(6-7-15-8)12(14)10-4-2-3-5-11(10)13/h2-7H,1H3. The molecule has 1 aromatic heterocycles. The van der Waals surface area contributed by atoms with E-state index in [0.29, 0.717) is 11.3 Å². The Hall–Kier alpha value is -1.90. The van der Waals surface area contributed by atoms with Gasteiger partial charge in [-0.2, -0.15) is 0 Å². The number of ketones is 1. The number of rotatable bonds is 2. The molecule has 0 amide bonds. The highest BCUT2D eigenvalue weighted by atomic mass is 19.1. The van der Waals surface area contributed by atoms with Gasteiger partial charge in [0.1, 0.15) is 11.6 Å². The first-order valence-electron chi connectivity index (χ1n) is 4.53. The van der Waals surface area contributed by atoms with Crippen LogP contribution < -0.4 is 0 Å². The highest BCUT2D eigenvalue weighted by Gasteiger charge is 2.16. The van der Waals surface area contributed by atoms with Gasteiger partial charge in [-0.1, -0.05) is 12.1 Å². The molecule has 0 radical (unpaired) electrons. The lowest BCUT2D eigenvalue weighted by atomic mass is 10.0. The summed E-state index contributed by atoms with van der Waals surface area (Å²) in [6.07, 6.45) is 1.42. The second-order valence-corrected chi connectivity index (χ2v) is 3.20. The Morgan fingerprint density at radius 3 is 2.53 bits per heavy atom. The fourth-order valence-electron chi connectivity index (χ4n) is 1.41. The van der Waals surface area contributed by atoms with Crippen LogP contribution in [-0.2, 0) is 0 Å². The van der Waals surface area contributed by atoms with Gasteiger partial charge in [0.25, 0.3) is 0 Å². The summed E-state index contributed by atoms with van der Waals surface area (Å²) in [5, 5.41) is 0. The number of carbonyl (C=O) groups is 1. The van der Waals surface area contributed by atoms with E-state index in [1.54, 1.807) is 25.1 Å². The van der Waals surface area contributed by atoms with Crippen LogP contribution in [0.25, 0.3) is 0 Å². The Kier molecular flexibility index (Phi) is 2.37. The monoisotopic (exact) mass is 204 g/mol. The second-order valence-electron chi connectivity index (χ2n) is 3.20. The van der Waals surface area contributed by atoms with Gasteiger partial charge in [-0.15, -0.1) is 0 Å². The molecule has 0 saturated carbocycles. The van der Waals surface area contributed by atoms with E-state index in [0.717, 1.165) is 0 Å². The minimum Gasteiger partial charge on any atom is -0.469 e. The van der Waals surface area contributed by atoms with E-state index in [9.17, 15) is 9.18 Å². The number of hydrogen-bond acceptors (Lipinski definition) is 2. The maximum absolute atomic E-state index is 13.3. The van der Waals surface area contributed by atoms with Gasteiger partial charge in [-0.3, -0.25) is 4.79 Å². The van der Waals surface area contributed by atoms with Crippen molar-refractivity contribution in [2.75, 3.05) is 0 Å². The van der Waals surface area contributed by atoms with Crippen molar-refractivity contribution in [1.82, 2.24) is 0 Å². The molecule has 0 aliphatic heterocycles. The number of carbonyl (C=O) groups excluding carboxylic acids is 1. The topological polar surface area (TPSA) is 30.2 Å². The molecule has 76 valence electrons. The van der Waals surface area contributed by atoms with Crippen LogP contribution in [0.5, 0.6) is 0 Å². The quantitative estimate of drug-likeness (QED) is 0.704.